The third-order valence-electron chi connectivity index (χ3n) is 3.44. The zero-order valence-corrected chi connectivity index (χ0v) is 14.9. The molecular weight excluding hydrogens is 302 g/mol. The third kappa shape index (κ3) is 3.37. The smallest absolute Gasteiger partial charge is 0.203 e. The summed E-state index contributed by atoms with van der Waals surface area (Å²) in [5, 5.41) is 3.53. The van der Waals surface area contributed by atoms with Crippen molar-refractivity contribution in [3.8, 4) is 0 Å². The molecule has 3 nitrogen and oxygen atoms in total. The Kier molecular flexibility index (Phi) is 4.62. The lowest BCUT2D eigenvalue weighted by atomic mass is 10.2. The maximum absolute atomic E-state index is 4.86. The van der Waals surface area contributed by atoms with E-state index in [4.69, 9.17) is 4.99 Å². The fourth-order valence-corrected chi connectivity index (χ4v) is 3.65. The van der Waals surface area contributed by atoms with Crippen LogP contribution in [0, 0.1) is 0 Å². The molecular formula is C19H23N3S. The Labute approximate surface area is 142 Å². The molecule has 2 aromatic rings. The maximum atomic E-state index is 4.86. The molecule has 1 aliphatic rings. The van der Waals surface area contributed by atoms with Gasteiger partial charge in [-0.2, -0.15) is 0 Å². The minimum atomic E-state index is 0.227. The van der Waals surface area contributed by atoms with E-state index in [1.54, 1.807) is 0 Å². The lowest BCUT2D eigenvalue weighted by Gasteiger charge is -2.34. The number of hydrogen-bond acceptors (Lipinski definition) is 2. The highest BCUT2D eigenvalue weighted by Crippen LogP contribution is 2.47. The van der Waals surface area contributed by atoms with Gasteiger partial charge in [-0.25, -0.2) is 4.99 Å². The third-order valence-corrected chi connectivity index (χ3v) is 4.57. The summed E-state index contributed by atoms with van der Waals surface area (Å²) in [6.45, 7) is 8.51. The van der Waals surface area contributed by atoms with Crippen LogP contribution in [0.25, 0.3) is 0 Å². The number of fused-ring (bicyclic) bond motifs is 2. The lowest BCUT2D eigenvalue weighted by Crippen LogP contribution is -2.43. The molecule has 0 aliphatic carbocycles. The molecule has 0 saturated heterocycles. The summed E-state index contributed by atoms with van der Waals surface area (Å²) in [4.78, 5) is 9.63. The maximum Gasteiger partial charge on any atom is 0.203 e. The molecule has 0 fully saturated rings. The highest BCUT2D eigenvalue weighted by atomic mass is 32.2. The Bertz CT molecular complexity index is 677. The number of rotatable bonds is 2. The van der Waals surface area contributed by atoms with Gasteiger partial charge >= 0.3 is 0 Å². The van der Waals surface area contributed by atoms with E-state index in [0.717, 1.165) is 5.96 Å². The normalized spacial score (nSPS) is 14.0. The average Bonchev–Trinajstić information content (AvgIpc) is 2.51. The van der Waals surface area contributed by atoms with Crippen LogP contribution in [0.1, 0.15) is 27.7 Å². The minimum absolute atomic E-state index is 0.227. The molecule has 1 N–H and O–H groups in total. The quantitative estimate of drug-likeness (QED) is 0.618. The van der Waals surface area contributed by atoms with Crippen molar-refractivity contribution in [2.24, 2.45) is 4.99 Å². The average molecular weight is 325 g/mol. The van der Waals surface area contributed by atoms with Crippen LogP contribution >= 0.6 is 11.8 Å². The molecule has 2 aromatic carbocycles. The molecule has 0 amide bonds. The Morgan fingerprint density at radius 3 is 1.91 bits per heavy atom. The van der Waals surface area contributed by atoms with Gasteiger partial charge in [0.15, 0.2) is 0 Å². The molecule has 1 aliphatic heterocycles. The summed E-state index contributed by atoms with van der Waals surface area (Å²) in [6, 6.07) is 17.6. The monoisotopic (exact) mass is 325 g/mol. The summed E-state index contributed by atoms with van der Waals surface area (Å²) < 4.78 is 0. The van der Waals surface area contributed by atoms with Crippen LogP contribution in [0.15, 0.2) is 63.3 Å². The topological polar surface area (TPSA) is 27.6 Å². The molecule has 0 radical (unpaired) electrons. The first-order valence-corrected chi connectivity index (χ1v) is 8.88. The number of guanidine groups is 1. The summed E-state index contributed by atoms with van der Waals surface area (Å²) in [5.41, 5.74) is 2.37. The van der Waals surface area contributed by atoms with E-state index in [1.165, 1.54) is 21.2 Å². The van der Waals surface area contributed by atoms with Gasteiger partial charge in [0.25, 0.3) is 0 Å². The van der Waals surface area contributed by atoms with Crippen LogP contribution < -0.4 is 10.2 Å². The van der Waals surface area contributed by atoms with Crippen LogP contribution in [0.4, 0.5) is 11.4 Å². The van der Waals surface area contributed by atoms with E-state index >= 15 is 0 Å². The SMILES string of the molecule is CC(C)N=C(NC(C)C)N1c2ccccc2Sc2ccccc21. The molecule has 0 unspecified atom stereocenters. The van der Waals surface area contributed by atoms with E-state index in [2.05, 4.69) is 86.4 Å². The lowest BCUT2D eigenvalue weighted by molar-refractivity contribution is 0.710. The molecule has 120 valence electrons. The van der Waals surface area contributed by atoms with Crippen molar-refractivity contribution in [1.82, 2.24) is 5.32 Å². The first-order valence-electron chi connectivity index (χ1n) is 8.06. The van der Waals surface area contributed by atoms with Crippen LogP contribution in [0.2, 0.25) is 0 Å². The summed E-state index contributed by atoms with van der Waals surface area (Å²) in [7, 11) is 0. The van der Waals surface area contributed by atoms with Gasteiger partial charge in [0.05, 0.1) is 11.4 Å². The summed E-state index contributed by atoms with van der Waals surface area (Å²) >= 11 is 1.82. The minimum Gasteiger partial charge on any atom is -0.353 e. The Hall–Kier alpha value is -1.94. The molecule has 4 heteroatoms. The van der Waals surface area contributed by atoms with Crippen molar-refractivity contribution >= 4 is 29.1 Å². The number of nitrogens with one attached hydrogen (secondary N) is 1. The van der Waals surface area contributed by atoms with Crippen molar-refractivity contribution in [3.63, 3.8) is 0 Å². The second-order valence-corrected chi connectivity index (χ2v) is 7.30. The van der Waals surface area contributed by atoms with E-state index in [9.17, 15) is 0 Å². The first-order chi connectivity index (χ1) is 11.1. The molecule has 0 atom stereocenters. The van der Waals surface area contributed by atoms with E-state index in [-0.39, 0.29) is 6.04 Å². The molecule has 0 aromatic heterocycles. The molecule has 0 spiro atoms. The van der Waals surface area contributed by atoms with E-state index in [1.807, 2.05) is 11.8 Å². The van der Waals surface area contributed by atoms with Crippen molar-refractivity contribution in [2.75, 3.05) is 4.90 Å². The van der Waals surface area contributed by atoms with Crippen molar-refractivity contribution in [3.05, 3.63) is 48.5 Å². The van der Waals surface area contributed by atoms with Crippen molar-refractivity contribution < 1.29 is 0 Å². The van der Waals surface area contributed by atoms with Crippen LogP contribution in [-0.4, -0.2) is 18.0 Å². The van der Waals surface area contributed by atoms with Gasteiger partial charge in [0, 0.05) is 21.9 Å². The zero-order valence-electron chi connectivity index (χ0n) is 14.1. The molecule has 0 bridgehead atoms. The van der Waals surface area contributed by atoms with Gasteiger partial charge in [-0.1, -0.05) is 36.0 Å². The standard InChI is InChI=1S/C19H23N3S/c1-13(2)20-19(21-14(3)4)22-15-9-5-7-11-17(15)23-18-12-8-6-10-16(18)22/h5-14H,1-4H3,(H,20,21). The van der Waals surface area contributed by atoms with Gasteiger partial charge in [-0.3, -0.25) is 4.90 Å². The highest BCUT2D eigenvalue weighted by molar-refractivity contribution is 7.99. The summed E-state index contributed by atoms with van der Waals surface area (Å²) in [5.74, 6) is 0.912. The van der Waals surface area contributed by atoms with Gasteiger partial charge in [0.2, 0.25) is 5.96 Å². The van der Waals surface area contributed by atoms with Crippen molar-refractivity contribution in [2.45, 2.75) is 49.6 Å². The molecule has 23 heavy (non-hydrogen) atoms. The molecule has 0 saturated carbocycles. The second-order valence-electron chi connectivity index (χ2n) is 6.22. The molecule has 1 heterocycles. The predicted molar refractivity (Wildman–Crippen MR) is 100.0 cm³/mol. The van der Waals surface area contributed by atoms with Crippen molar-refractivity contribution in [1.29, 1.82) is 0 Å². The Morgan fingerprint density at radius 1 is 0.913 bits per heavy atom. The van der Waals surface area contributed by atoms with Gasteiger partial charge < -0.3 is 5.32 Å². The number of benzene rings is 2. The Balaban J connectivity index is 2.16. The summed E-state index contributed by atoms with van der Waals surface area (Å²) in [6.07, 6.45) is 0. The van der Waals surface area contributed by atoms with Gasteiger partial charge in [-0.15, -0.1) is 0 Å². The zero-order chi connectivity index (χ0) is 16.4. The predicted octanol–water partition coefficient (Wildman–Crippen LogP) is 5.05. The van der Waals surface area contributed by atoms with E-state index in [0.29, 0.717) is 6.04 Å². The number of aliphatic imine (C=N–C) groups is 1. The Morgan fingerprint density at radius 2 is 1.43 bits per heavy atom. The fourth-order valence-electron chi connectivity index (χ4n) is 2.60. The van der Waals surface area contributed by atoms with Gasteiger partial charge in [-0.05, 0) is 52.0 Å². The fraction of sp³-hybridized carbons (Fsp3) is 0.316. The van der Waals surface area contributed by atoms with Crippen LogP contribution in [0.3, 0.4) is 0 Å². The number of anilines is 2. The first kappa shape index (κ1) is 15.9. The number of para-hydroxylation sites is 2. The molecule has 3 rings (SSSR count). The number of nitrogens with zero attached hydrogens (tertiary/aromatic N) is 2. The van der Waals surface area contributed by atoms with Crippen LogP contribution in [-0.2, 0) is 0 Å². The largest absolute Gasteiger partial charge is 0.353 e. The second kappa shape index (κ2) is 6.67. The highest BCUT2D eigenvalue weighted by Gasteiger charge is 2.27. The van der Waals surface area contributed by atoms with Gasteiger partial charge in [0.1, 0.15) is 0 Å². The van der Waals surface area contributed by atoms with Crippen LogP contribution in [0.5, 0.6) is 0 Å². The van der Waals surface area contributed by atoms with E-state index < -0.39 is 0 Å². The number of hydrogen-bond donors (Lipinski definition) is 1.